The number of benzene rings is 1. The fourth-order valence-electron chi connectivity index (χ4n) is 1.57. The summed E-state index contributed by atoms with van der Waals surface area (Å²) in [6, 6.07) is 8.27. The van der Waals surface area contributed by atoms with Gasteiger partial charge in [-0.1, -0.05) is 28.1 Å². The summed E-state index contributed by atoms with van der Waals surface area (Å²) >= 11 is 3.42. The molecule has 2 rings (SSSR count). The minimum atomic E-state index is 1.10. The zero-order chi connectivity index (χ0) is 10.1. The second-order valence-corrected chi connectivity index (χ2v) is 4.22. The van der Waals surface area contributed by atoms with E-state index < -0.39 is 0 Å². The standard InChI is InChI=1S/C11H11BrN2/c1-8-7-13-14(2)11(8)9-3-5-10(12)6-4-9/h3-7H,1-2H3. The molecule has 0 aliphatic heterocycles. The molecule has 2 nitrogen and oxygen atoms in total. The number of nitrogens with zero attached hydrogens (tertiary/aromatic N) is 2. The van der Waals surface area contributed by atoms with Crippen molar-refractivity contribution in [3.05, 3.63) is 40.5 Å². The number of halogens is 1. The van der Waals surface area contributed by atoms with Crippen LogP contribution in [-0.2, 0) is 7.05 Å². The molecule has 14 heavy (non-hydrogen) atoms. The van der Waals surface area contributed by atoms with Crippen LogP contribution in [0.1, 0.15) is 5.56 Å². The largest absolute Gasteiger partial charge is 0.268 e. The number of aryl methyl sites for hydroxylation is 2. The third-order valence-electron chi connectivity index (χ3n) is 2.24. The second kappa shape index (κ2) is 3.58. The zero-order valence-corrected chi connectivity index (χ0v) is 9.75. The normalized spacial score (nSPS) is 10.5. The molecule has 0 bridgehead atoms. The van der Waals surface area contributed by atoms with Crippen LogP contribution in [0.2, 0.25) is 0 Å². The van der Waals surface area contributed by atoms with Crippen molar-refractivity contribution < 1.29 is 0 Å². The van der Waals surface area contributed by atoms with Crippen LogP contribution < -0.4 is 0 Å². The van der Waals surface area contributed by atoms with E-state index in [-0.39, 0.29) is 0 Å². The average molecular weight is 251 g/mol. The van der Waals surface area contributed by atoms with Crippen LogP contribution in [-0.4, -0.2) is 9.78 Å². The molecule has 0 atom stereocenters. The molecule has 0 aliphatic carbocycles. The number of aromatic nitrogens is 2. The summed E-state index contributed by atoms with van der Waals surface area (Å²) < 4.78 is 3.00. The van der Waals surface area contributed by atoms with Gasteiger partial charge in [-0.15, -0.1) is 0 Å². The van der Waals surface area contributed by atoms with E-state index in [9.17, 15) is 0 Å². The second-order valence-electron chi connectivity index (χ2n) is 3.31. The molecule has 0 fully saturated rings. The van der Waals surface area contributed by atoms with Crippen LogP contribution in [0.4, 0.5) is 0 Å². The minimum absolute atomic E-state index is 1.10. The third kappa shape index (κ3) is 1.60. The minimum Gasteiger partial charge on any atom is -0.268 e. The number of rotatable bonds is 1. The van der Waals surface area contributed by atoms with Crippen LogP contribution in [0.25, 0.3) is 11.3 Å². The Labute approximate surface area is 91.7 Å². The monoisotopic (exact) mass is 250 g/mol. The van der Waals surface area contributed by atoms with E-state index in [4.69, 9.17) is 0 Å². The van der Waals surface area contributed by atoms with Crippen LogP contribution in [0.3, 0.4) is 0 Å². The van der Waals surface area contributed by atoms with Crippen molar-refractivity contribution in [1.29, 1.82) is 0 Å². The van der Waals surface area contributed by atoms with Gasteiger partial charge >= 0.3 is 0 Å². The van der Waals surface area contributed by atoms with Gasteiger partial charge in [-0.25, -0.2) is 0 Å². The van der Waals surface area contributed by atoms with Gasteiger partial charge in [0.05, 0.1) is 11.9 Å². The van der Waals surface area contributed by atoms with Crippen molar-refractivity contribution in [2.45, 2.75) is 6.92 Å². The molecule has 2 aromatic rings. The molecule has 0 saturated heterocycles. The molecule has 0 N–H and O–H groups in total. The molecule has 1 aromatic heterocycles. The molecular weight excluding hydrogens is 240 g/mol. The summed E-state index contributed by atoms with van der Waals surface area (Å²) in [6.45, 7) is 2.07. The molecule has 72 valence electrons. The van der Waals surface area contributed by atoms with Gasteiger partial charge in [0.2, 0.25) is 0 Å². The highest BCUT2D eigenvalue weighted by molar-refractivity contribution is 9.10. The van der Waals surface area contributed by atoms with Crippen molar-refractivity contribution in [2.24, 2.45) is 7.05 Å². The first kappa shape index (κ1) is 9.46. The lowest BCUT2D eigenvalue weighted by Gasteiger charge is -2.03. The quantitative estimate of drug-likeness (QED) is 0.761. The zero-order valence-electron chi connectivity index (χ0n) is 8.16. The summed E-state index contributed by atoms with van der Waals surface area (Å²) in [4.78, 5) is 0. The van der Waals surface area contributed by atoms with Gasteiger partial charge < -0.3 is 0 Å². The molecule has 1 heterocycles. The van der Waals surface area contributed by atoms with Gasteiger partial charge in [-0.2, -0.15) is 5.10 Å². The summed E-state index contributed by atoms with van der Waals surface area (Å²) in [6.07, 6.45) is 1.89. The lowest BCUT2D eigenvalue weighted by molar-refractivity contribution is 0.775. The lowest BCUT2D eigenvalue weighted by atomic mass is 10.1. The summed E-state index contributed by atoms with van der Waals surface area (Å²) in [5.41, 5.74) is 3.58. The highest BCUT2D eigenvalue weighted by Gasteiger charge is 2.06. The van der Waals surface area contributed by atoms with Crippen molar-refractivity contribution in [3.8, 4) is 11.3 Å². The van der Waals surface area contributed by atoms with Crippen LogP contribution >= 0.6 is 15.9 Å². The van der Waals surface area contributed by atoms with Gasteiger partial charge in [-0.05, 0) is 24.6 Å². The Kier molecular flexibility index (Phi) is 2.42. The van der Waals surface area contributed by atoms with E-state index >= 15 is 0 Å². The van der Waals surface area contributed by atoms with Gasteiger partial charge in [0.1, 0.15) is 0 Å². The van der Waals surface area contributed by atoms with E-state index in [0.29, 0.717) is 0 Å². The van der Waals surface area contributed by atoms with E-state index in [1.807, 2.05) is 30.1 Å². The Morgan fingerprint density at radius 1 is 1.21 bits per heavy atom. The van der Waals surface area contributed by atoms with Crippen LogP contribution in [0.5, 0.6) is 0 Å². The van der Waals surface area contributed by atoms with Gasteiger partial charge in [-0.3, -0.25) is 4.68 Å². The van der Waals surface area contributed by atoms with Crippen LogP contribution in [0.15, 0.2) is 34.9 Å². The Morgan fingerprint density at radius 3 is 2.36 bits per heavy atom. The molecule has 0 unspecified atom stereocenters. The molecule has 0 amide bonds. The molecule has 0 aliphatic rings. The van der Waals surface area contributed by atoms with Crippen molar-refractivity contribution in [3.63, 3.8) is 0 Å². The summed E-state index contributed by atoms with van der Waals surface area (Å²) in [5.74, 6) is 0. The van der Waals surface area contributed by atoms with Gasteiger partial charge in [0.15, 0.2) is 0 Å². The van der Waals surface area contributed by atoms with Gasteiger partial charge in [0, 0.05) is 17.1 Å². The Morgan fingerprint density at radius 2 is 1.86 bits per heavy atom. The molecule has 3 heteroatoms. The SMILES string of the molecule is Cc1cnn(C)c1-c1ccc(Br)cc1. The Bertz CT molecular complexity index is 423. The molecule has 0 saturated carbocycles. The predicted molar refractivity (Wildman–Crippen MR) is 61.1 cm³/mol. The topological polar surface area (TPSA) is 17.8 Å². The van der Waals surface area contributed by atoms with Gasteiger partial charge in [0.25, 0.3) is 0 Å². The van der Waals surface area contributed by atoms with Crippen LogP contribution in [0, 0.1) is 6.92 Å². The first-order valence-electron chi connectivity index (χ1n) is 4.43. The number of hydrogen-bond acceptors (Lipinski definition) is 1. The van der Waals surface area contributed by atoms with E-state index in [0.717, 1.165) is 4.47 Å². The highest BCUT2D eigenvalue weighted by atomic mass is 79.9. The first-order valence-corrected chi connectivity index (χ1v) is 5.22. The van der Waals surface area contributed by atoms with E-state index in [1.165, 1.54) is 16.8 Å². The fourth-order valence-corrected chi connectivity index (χ4v) is 1.83. The third-order valence-corrected chi connectivity index (χ3v) is 2.77. The molecule has 1 aromatic carbocycles. The smallest absolute Gasteiger partial charge is 0.0708 e. The maximum absolute atomic E-state index is 4.22. The maximum atomic E-state index is 4.22. The van der Waals surface area contributed by atoms with Crippen molar-refractivity contribution in [1.82, 2.24) is 9.78 Å². The number of hydrogen-bond donors (Lipinski definition) is 0. The maximum Gasteiger partial charge on any atom is 0.0708 e. The molecule has 0 spiro atoms. The first-order chi connectivity index (χ1) is 6.68. The highest BCUT2D eigenvalue weighted by Crippen LogP contribution is 2.23. The van der Waals surface area contributed by atoms with E-state index in [2.05, 4.69) is 40.1 Å². The average Bonchev–Trinajstić information content (AvgIpc) is 2.49. The molecule has 0 radical (unpaired) electrons. The Balaban J connectivity index is 2.54. The summed E-state index contributed by atoms with van der Waals surface area (Å²) in [7, 11) is 1.96. The summed E-state index contributed by atoms with van der Waals surface area (Å²) in [5, 5.41) is 4.22. The van der Waals surface area contributed by atoms with Crippen molar-refractivity contribution in [2.75, 3.05) is 0 Å². The lowest BCUT2D eigenvalue weighted by Crippen LogP contribution is -1.93. The van der Waals surface area contributed by atoms with E-state index in [1.54, 1.807) is 0 Å². The van der Waals surface area contributed by atoms with Crippen molar-refractivity contribution >= 4 is 15.9 Å². The fraction of sp³-hybridized carbons (Fsp3) is 0.182. The predicted octanol–water partition coefficient (Wildman–Crippen LogP) is 3.16. The molecular formula is C11H11BrN2. The Hall–Kier alpha value is -1.09.